The number of phenolic OH excluding ortho intramolecular Hbond substituents is 3. The summed E-state index contributed by atoms with van der Waals surface area (Å²) in [7, 11) is -4.79. The molecule has 0 bridgehead atoms. The van der Waals surface area contributed by atoms with Gasteiger partial charge in [0.25, 0.3) is 0 Å². The lowest BCUT2D eigenvalue weighted by Crippen LogP contribution is -2.30. The topological polar surface area (TPSA) is 154 Å². The zero-order valence-electron chi connectivity index (χ0n) is 12.5. The molecule has 0 radical (unpaired) electrons. The van der Waals surface area contributed by atoms with E-state index in [1.54, 1.807) is 0 Å². The van der Waals surface area contributed by atoms with Crippen LogP contribution in [0.1, 0.15) is 17.2 Å². The van der Waals surface area contributed by atoms with Gasteiger partial charge in [-0.05, 0) is 17.7 Å². The van der Waals surface area contributed by atoms with Crippen LogP contribution in [0.4, 0.5) is 0 Å². The molecule has 0 aromatic heterocycles. The molecule has 0 fully saturated rings. The van der Waals surface area contributed by atoms with E-state index in [1.165, 1.54) is 12.1 Å². The van der Waals surface area contributed by atoms with Crippen molar-refractivity contribution < 1.29 is 42.3 Å². The second kappa shape index (κ2) is 5.99. The maximum absolute atomic E-state index is 10.7. The summed E-state index contributed by atoms with van der Waals surface area (Å²) in [6, 6.07) is 5.94. The summed E-state index contributed by atoms with van der Waals surface area (Å²) in [5, 5.41) is 39.5. The molecular weight excluding hydrogens is 356 g/mol. The van der Waals surface area contributed by atoms with Crippen LogP contribution in [0.2, 0.25) is 0 Å². The molecule has 134 valence electrons. The normalized spacial score (nSPS) is 19.8. The number of aliphatic hydroxyl groups is 1. The fraction of sp³-hybridized carbons (Fsp3) is 0.200. The van der Waals surface area contributed by atoms with Gasteiger partial charge in [0.2, 0.25) is 0 Å². The van der Waals surface area contributed by atoms with Crippen LogP contribution in [0.3, 0.4) is 0 Å². The quantitative estimate of drug-likeness (QED) is 0.498. The number of ether oxygens (including phenoxy) is 1. The van der Waals surface area contributed by atoms with Crippen LogP contribution in [-0.4, -0.2) is 39.5 Å². The zero-order chi connectivity index (χ0) is 18.4. The van der Waals surface area contributed by atoms with Gasteiger partial charge in [-0.1, -0.05) is 6.07 Å². The van der Waals surface area contributed by atoms with Gasteiger partial charge in [0.05, 0.1) is 6.10 Å². The zero-order valence-corrected chi connectivity index (χ0v) is 13.3. The third kappa shape index (κ3) is 3.55. The van der Waals surface area contributed by atoms with Crippen molar-refractivity contribution in [1.29, 1.82) is 0 Å². The molecule has 0 saturated heterocycles. The first-order valence-electron chi connectivity index (χ1n) is 7.03. The van der Waals surface area contributed by atoms with Gasteiger partial charge in [-0.25, -0.2) is 0 Å². The van der Waals surface area contributed by atoms with Crippen molar-refractivity contribution in [3.8, 4) is 28.7 Å². The maximum atomic E-state index is 10.7. The summed E-state index contributed by atoms with van der Waals surface area (Å²) in [5.74, 6) is -1.34. The highest BCUT2D eigenvalue weighted by Gasteiger charge is 2.32. The Balaban J connectivity index is 1.93. The second-order valence-electron chi connectivity index (χ2n) is 5.49. The Morgan fingerprint density at radius 1 is 1.08 bits per heavy atom. The summed E-state index contributed by atoms with van der Waals surface area (Å²) >= 11 is 0. The van der Waals surface area contributed by atoms with Crippen molar-refractivity contribution in [2.75, 3.05) is 0 Å². The number of rotatable bonds is 3. The molecule has 2 aromatic carbocycles. The molecule has 2 aromatic rings. The van der Waals surface area contributed by atoms with E-state index in [4.69, 9.17) is 9.29 Å². The summed E-state index contributed by atoms with van der Waals surface area (Å²) < 4.78 is 39.8. The van der Waals surface area contributed by atoms with Gasteiger partial charge in [-0.3, -0.25) is 4.55 Å². The smallest absolute Gasteiger partial charge is 0.446 e. The van der Waals surface area contributed by atoms with E-state index in [-0.39, 0.29) is 23.7 Å². The van der Waals surface area contributed by atoms with Gasteiger partial charge in [0, 0.05) is 24.1 Å². The van der Waals surface area contributed by atoms with Crippen molar-refractivity contribution in [2.45, 2.75) is 18.6 Å². The number of aliphatic hydroxyl groups excluding tert-OH is 1. The average Bonchev–Trinajstić information content (AvgIpc) is 2.48. The van der Waals surface area contributed by atoms with E-state index in [0.717, 1.165) is 18.2 Å². The van der Waals surface area contributed by atoms with Gasteiger partial charge >= 0.3 is 10.4 Å². The van der Waals surface area contributed by atoms with Gasteiger partial charge in [0.15, 0.2) is 11.5 Å². The van der Waals surface area contributed by atoms with E-state index in [0.29, 0.717) is 11.1 Å². The first kappa shape index (κ1) is 17.1. The molecule has 25 heavy (non-hydrogen) atoms. The lowest BCUT2D eigenvalue weighted by Gasteiger charge is -2.31. The van der Waals surface area contributed by atoms with Crippen molar-refractivity contribution in [1.82, 2.24) is 0 Å². The molecule has 10 heteroatoms. The Bertz CT molecular complexity index is 923. The monoisotopic (exact) mass is 370 g/mol. The molecule has 0 spiro atoms. The minimum Gasteiger partial charge on any atom is -0.508 e. The third-order valence-electron chi connectivity index (χ3n) is 3.69. The van der Waals surface area contributed by atoms with E-state index < -0.39 is 34.1 Å². The molecule has 0 unspecified atom stereocenters. The summed E-state index contributed by atoms with van der Waals surface area (Å²) in [4.78, 5) is 0. The highest BCUT2D eigenvalue weighted by molar-refractivity contribution is 7.81. The minimum atomic E-state index is -4.79. The average molecular weight is 370 g/mol. The van der Waals surface area contributed by atoms with E-state index in [9.17, 15) is 28.8 Å². The Hall–Kier alpha value is -2.69. The molecule has 2 atom stereocenters. The van der Waals surface area contributed by atoms with Gasteiger partial charge in [-0.2, -0.15) is 8.42 Å². The molecule has 9 nitrogen and oxygen atoms in total. The van der Waals surface area contributed by atoms with Crippen LogP contribution < -0.4 is 8.92 Å². The molecule has 1 aliphatic rings. The predicted molar refractivity (Wildman–Crippen MR) is 83.1 cm³/mol. The summed E-state index contributed by atoms with van der Waals surface area (Å²) in [5.41, 5.74) is 0.623. The van der Waals surface area contributed by atoms with Gasteiger partial charge in [0.1, 0.15) is 23.4 Å². The SMILES string of the molecule is O=S(=O)(O)Oc1ccc([C@H]2Oc3cc(O)cc(O)c3C[C@@H]2O)cc1O. The highest BCUT2D eigenvalue weighted by Crippen LogP contribution is 2.42. The second-order valence-corrected chi connectivity index (χ2v) is 6.51. The number of fused-ring (bicyclic) bond motifs is 1. The first-order valence-corrected chi connectivity index (χ1v) is 8.40. The standard InChI is InChI=1S/C15H14O9S/c16-8-4-10(17)9-6-12(19)15(23-14(9)5-8)7-1-2-13(11(18)3-7)24-25(20,21)22/h1-5,12,15-19H,6H2,(H,20,21,22)/t12-,15+/m0/s1. The molecule has 3 rings (SSSR count). The van der Waals surface area contributed by atoms with Crippen LogP contribution in [0.5, 0.6) is 28.7 Å². The van der Waals surface area contributed by atoms with E-state index in [2.05, 4.69) is 4.18 Å². The number of phenols is 3. The van der Waals surface area contributed by atoms with Gasteiger partial charge in [-0.15, -0.1) is 0 Å². The summed E-state index contributed by atoms with van der Waals surface area (Å²) in [6.45, 7) is 0. The van der Waals surface area contributed by atoms with Crippen LogP contribution in [0.25, 0.3) is 0 Å². The molecule has 5 N–H and O–H groups in total. The molecule has 1 heterocycles. The lowest BCUT2D eigenvalue weighted by atomic mass is 9.94. The van der Waals surface area contributed by atoms with Gasteiger partial charge < -0.3 is 29.3 Å². The summed E-state index contributed by atoms with van der Waals surface area (Å²) in [6.07, 6.45) is -1.98. The van der Waals surface area contributed by atoms with Crippen LogP contribution in [0, 0.1) is 0 Å². The Kier molecular flexibility index (Phi) is 4.11. The molecule has 1 aliphatic heterocycles. The lowest BCUT2D eigenvalue weighted by molar-refractivity contribution is 0.0197. The van der Waals surface area contributed by atoms with E-state index >= 15 is 0 Å². The molecular formula is C15H14O9S. The van der Waals surface area contributed by atoms with Crippen molar-refractivity contribution in [2.24, 2.45) is 0 Å². The predicted octanol–water partition coefficient (Wildman–Crippen LogP) is 1.02. The Morgan fingerprint density at radius 3 is 2.44 bits per heavy atom. The Morgan fingerprint density at radius 2 is 1.80 bits per heavy atom. The number of benzene rings is 2. The largest absolute Gasteiger partial charge is 0.508 e. The van der Waals surface area contributed by atoms with E-state index in [1.807, 2.05) is 0 Å². The first-order chi connectivity index (χ1) is 11.6. The minimum absolute atomic E-state index is 0.0378. The number of hydrogen-bond acceptors (Lipinski definition) is 8. The fourth-order valence-corrected chi connectivity index (χ4v) is 3.01. The van der Waals surface area contributed by atoms with Crippen LogP contribution in [-0.2, 0) is 16.8 Å². The number of aromatic hydroxyl groups is 3. The van der Waals surface area contributed by atoms with Crippen molar-refractivity contribution >= 4 is 10.4 Å². The molecule has 0 aliphatic carbocycles. The van der Waals surface area contributed by atoms with Crippen molar-refractivity contribution in [3.05, 3.63) is 41.5 Å². The molecule has 0 saturated carbocycles. The highest BCUT2D eigenvalue weighted by atomic mass is 32.3. The fourth-order valence-electron chi connectivity index (χ4n) is 2.64. The van der Waals surface area contributed by atoms with Crippen LogP contribution in [0.15, 0.2) is 30.3 Å². The number of hydrogen-bond donors (Lipinski definition) is 5. The van der Waals surface area contributed by atoms with Crippen LogP contribution >= 0.6 is 0 Å². The molecule has 0 amide bonds. The third-order valence-corrected chi connectivity index (χ3v) is 4.08. The Labute approximate surface area is 142 Å². The maximum Gasteiger partial charge on any atom is 0.446 e. The van der Waals surface area contributed by atoms with Crippen molar-refractivity contribution in [3.63, 3.8) is 0 Å².